The van der Waals surface area contributed by atoms with Crippen molar-refractivity contribution in [3.8, 4) is 0 Å². The Labute approximate surface area is 113 Å². The standard InChI is InChI=1S/C16H13N.ClH/c1-2-9-14(10-3-1)17-16-12-6-8-13-7-4-5-11-15(13)16;/h1-12,17H;1H. The van der Waals surface area contributed by atoms with Gasteiger partial charge in [0.1, 0.15) is 0 Å². The fourth-order valence-electron chi connectivity index (χ4n) is 2.01. The summed E-state index contributed by atoms with van der Waals surface area (Å²) in [6, 6.07) is 25.0. The summed E-state index contributed by atoms with van der Waals surface area (Å²) in [5.41, 5.74) is 2.26. The van der Waals surface area contributed by atoms with E-state index in [1.54, 1.807) is 0 Å². The highest BCUT2D eigenvalue weighted by Crippen LogP contribution is 2.25. The summed E-state index contributed by atoms with van der Waals surface area (Å²) in [5, 5.41) is 5.95. The molecule has 0 aliphatic heterocycles. The first kappa shape index (κ1) is 12.5. The largest absolute Gasteiger partial charge is 0.355 e. The van der Waals surface area contributed by atoms with Crippen molar-refractivity contribution in [3.05, 3.63) is 72.8 Å². The molecule has 3 rings (SSSR count). The van der Waals surface area contributed by atoms with Crippen LogP contribution in [0.5, 0.6) is 0 Å². The van der Waals surface area contributed by atoms with E-state index in [0.29, 0.717) is 0 Å². The van der Waals surface area contributed by atoms with Gasteiger partial charge in [-0.2, -0.15) is 0 Å². The zero-order valence-electron chi connectivity index (χ0n) is 9.84. The van der Waals surface area contributed by atoms with Crippen molar-refractivity contribution in [3.63, 3.8) is 0 Å². The van der Waals surface area contributed by atoms with Gasteiger partial charge in [-0.05, 0) is 23.6 Å². The average Bonchev–Trinajstić information content (AvgIpc) is 2.40. The minimum absolute atomic E-state index is 0. The van der Waals surface area contributed by atoms with Crippen molar-refractivity contribution < 1.29 is 0 Å². The highest BCUT2D eigenvalue weighted by molar-refractivity contribution is 5.95. The van der Waals surface area contributed by atoms with E-state index < -0.39 is 0 Å². The number of nitrogens with one attached hydrogen (secondary N) is 1. The van der Waals surface area contributed by atoms with Crippen molar-refractivity contribution in [1.82, 2.24) is 0 Å². The van der Waals surface area contributed by atoms with Gasteiger partial charge in [0.05, 0.1) is 0 Å². The number of rotatable bonds is 2. The Morgan fingerprint density at radius 3 is 2.11 bits per heavy atom. The van der Waals surface area contributed by atoms with Crippen LogP contribution >= 0.6 is 12.4 Å². The molecule has 0 saturated heterocycles. The molecule has 1 nitrogen and oxygen atoms in total. The lowest BCUT2D eigenvalue weighted by Crippen LogP contribution is -1.90. The number of hydrogen-bond donors (Lipinski definition) is 1. The Morgan fingerprint density at radius 1 is 0.611 bits per heavy atom. The normalized spacial score (nSPS) is 9.78. The van der Waals surface area contributed by atoms with Gasteiger partial charge in [0.15, 0.2) is 0 Å². The number of benzene rings is 3. The minimum atomic E-state index is 0. The van der Waals surface area contributed by atoms with Gasteiger partial charge >= 0.3 is 0 Å². The van der Waals surface area contributed by atoms with E-state index in [4.69, 9.17) is 0 Å². The molecular formula is C16H14ClN. The number of halogens is 1. The molecule has 0 radical (unpaired) electrons. The van der Waals surface area contributed by atoms with Crippen molar-refractivity contribution in [2.24, 2.45) is 0 Å². The maximum Gasteiger partial charge on any atom is 0.0463 e. The summed E-state index contributed by atoms with van der Waals surface area (Å²) in [6.07, 6.45) is 0. The molecule has 0 bridgehead atoms. The van der Waals surface area contributed by atoms with E-state index in [2.05, 4.69) is 59.9 Å². The van der Waals surface area contributed by atoms with Crippen LogP contribution in [0.25, 0.3) is 10.8 Å². The zero-order valence-corrected chi connectivity index (χ0v) is 10.7. The summed E-state index contributed by atoms with van der Waals surface area (Å²) in [5.74, 6) is 0. The second-order valence-electron chi connectivity index (χ2n) is 4.02. The van der Waals surface area contributed by atoms with Crippen LogP contribution in [0.2, 0.25) is 0 Å². The molecule has 3 aromatic carbocycles. The Morgan fingerprint density at radius 2 is 1.28 bits per heavy atom. The second kappa shape index (κ2) is 5.56. The van der Waals surface area contributed by atoms with Crippen LogP contribution in [-0.4, -0.2) is 0 Å². The lowest BCUT2D eigenvalue weighted by atomic mass is 10.1. The fraction of sp³-hybridized carbons (Fsp3) is 0. The van der Waals surface area contributed by atoms with Crippen LogP contribution in [0.15, 0.2) is 72.8 Å². The van der Waals surface area contributed by atoms with Crippen molar-refractivity contribution in [2.45, 2.75) is 0 Å². The van der Waals surface area contributed by atoms with Gasteiger partial charge in [0.25, 0.3) is 0 Å². The minimum Gasteiger partial charge on any atom is -0.355 e. The second-order valence-corrected chi connectivity index (χ2v) is 4.02. The Bertz CT molecular complexity index is 629. The summed E-state index contributed by atoms with van der Waals surface area (Å²) in [6.45, 7) is 0. The van der Waals surface area contributed by atoms with Crippen LogP contribution in [-0.2, 0) is 0 Å². The van der Waals surface area contributed by atoms with Crippen LogP contribution < -0.4 is 5.32 Å². The van der Waals surface area contributed by atoms with Crippen LogP contribution in [0.4, 0.5) is 11.4 Å². The number of para-hydroxylation sites is 1. The zero-order chi connectivity index (χ0) is 11.5. The van der Waals surface area contributed by atoms with Gasteiger partial charge in [-0.3, -0.25) is 0 Å². The molecule has 0 unspecified atom stereocenters. The van der Waals surface area contributed by atoms with E-state index in [1.807, 2.05) is 18.2 Å². The quantitative estimate of drug-likeness (QED) is 0.679. The van der Waals surface area contributed by atoms with Gasteiger partial charge in [0.2, 0.25) is 0 Å². The lowest BCUT2D eigenvalue weighted by molar-refractivity contribution is 1.58. The summed E-state index contributed by atoms with van der Waals surface area (Å²) >= 11 is 0. The van der Waals surface area contributed by atoms with Gasteiger partial charge in [-0.1, -0.05) is 54.6 Å². The topological polar surface area (TPSA) is 12.0 Å². The monoisotopic (exact) mass is 255 g/mol. The van der Waals surface area contributed by atoms with Crippen molar-refractivity contribution in [1.29, 1.82) is 0 Å². The molecule has 0 spiro atoms. The number of fused-ring (bicyclic) bond motifs is 1. The third-order valence-electron chi connectivity index (χ3n) is 2.84. The van der Waals surface area contributed by atoms with Gasteiger partial charge in [-0.15, -0.1) is 12.4 Å². The van der Waals surface area contributed by atoms with E-state index >= 15 is 0 Å². The van der Waals surface area contributed by atoms with E-state index in [1.165, 1.54) is 10.8 Å². The first-order valence-electron chi connectivity index (χ1n) is 5.73. The van der Waals surface area contributed by atoms with Crippen LogP contribution in [0.3, 0.4) is 0 Å². The molecule has 0 amide bonds. The molecule has 0 aliphatic carbocycles. The maximum absolute atomic E-state index is 3.45. The molecule has 0 aromatic heterocycles. The molecule has 3 aromatic rings. The molecule has 0 saturated carbocycles. The molecule has 0 fully saturated rings. The molecule has 1 N–H and O–H groups in total. The molecule has 2 heteroatoms. The fourth-order valence-corrected chi connectivity index (χ4v) is 2.01. The highest BCUT2D eigenvalue weighted by atomic mass is 35.5. The Kier molecular flexibility index (Phi) is 3.85. The Balaban J connectivity index is 0.00000120. The van der Waals surface area contributed by atoms with E-state index in [9.17, 15) is 0 Å². The number of anilines is 2. The third kappa shape index (κ3) is 2.47. The van der Waals surface area contributed by atoms with Crippen LogP contribution in [0, 0.1) is 0 Å². The summed E-state index contributed by atoms with van der Waals surface area (Å²) < 4.78 is 0. The lowest BCUT2D eigenvalue weighted by Gasteiger charge is -2.09. The third-order valence-corrected chi connectivity index (χ3v) is 2.84. The molecule has 18 heavy (non-hydrogen) atoms. The predicted octanol–water partition coefficient (Wildman–Crippen LogP) is 5.01. The van der Waals surface area contributed by atoms with E-state index in [-0.39, 0.29) is 12.4 Å². The first-order chi connectivity index (χ1) is 8.43. The van der Waals surface area contributed by atoms with Crippen molar-refractivity contribution >= 4 is 34.6 Å². The molecule has 0 aliphatic rings. The van der Waals surface area contributed by atoms with Gasteiger partial charge < -0.3 is 5.32 Å². The molecule has 0 atom stereocenters. The molecule has 90 valence electrons. The van der Waals surface area contributed by atoms with Crippen molar-refractivity contribution in [2.75, 3.05) is 5.32 Å². The summed E-state index contributed by atoms with van der Waals surface area (Å²) in [4.78, 5) is 0. The van der Waals surface area contributed by atoms with Gasteiger partial charge in [0, 0.05) is 16.8 Å². The molecular weight excluding hydrogens is 242 g/mol. The molecule has 0 heterocycles. The maximum atomic E-state index is 3.45. The Hall–Kier alpha value is -1.99. The average molecular weight is 256 g/mol. The SMILES string of the molecule is Cl.c1ccc(Nc2cccc3ccccc23)cc1. The first-order valence-corrected chi connectivity index (χ1v) is 5.73. The number of hydrogen-bond acceptors (Lipinski definition) is 1. The summed E-state index contributed by atoms with van der Waals surface area (Å²) in [7, 11) is 0. The van der Waals surface area contributed by atoms with Crippen LogP contribution in [0.1, 0.15) is 0 Å². The van der Waals surface area contributed by atoms with Gasteiger partial charge in [-0.25, -0.2) is 0 Å². The van der Waals surface area contributed by atoms with E-state index in [0.717, 1.165) is 11.4 Å². The smallest absolute Gasteiger partial charge is 0.0463 e. The predicted molar refractivity (Wildman–Crippen MR) is 80.9 cm³/mol. The highest BCUT2D eigenvalue weighted by Gasteiger charge is 1.99.